The quantitative estimate of drug-likeness (QED) is 0.338. The maximum atomic E-state index is 12.2. The van der Waals surface area contributed by atoms with Gasteiger partial charge in [-0.2, -0.15) is 0 Å². The molecule has 5 saturated heterocycles. The maximum Gasteiger partial charge on any atom is 0.410 e. The van der Waals surface area contributed by atoms with E-state index >= 15 is 0 Å². The minimum absolute atomic E-state index is 0.00364. The third-order valence-electron chi connectivity index (χ3n) is 10.5. The van der Waals surface area contributed by atoms with Crippen LogP contribution in [0, 0.1) is 23.7 Å². The first kappa shape index (κ1) is 35.8. The van der Waals surface area contributed by atoms with E-state index in [1.165, 1.54) is 16.3 Å². The predicted molar refractivity (Wildman–Crippen MR) is 194 cm³/mol. The minimum Gasteiger partial charge on any atom is -0.494 e. The molecule has 0 radical (unpaired) electrons. The number of ether oxygens (including phenoxy) is 3. The molecule has 5 heterocycles. The fourth-order valence-electron chi connectivity index (χ4n) is 8.12. The van der Waals surface area contributed by atoms with Crippen molar-refractivity contribution in [1.29, 1.82) is 0 Å². The minimum atomic E-state index is -0.427. The summed E-state index contributed by atoms with van der Waals surface area (Å²) in [5.74, 6) is 4.24. The van der Waals surface area contributed by atoms with Crippen LogP contribution in [0.1, 0.15) is 47.5 Å². The third kappa shape index (κ3) is 8.65. The average molecular weight is 690 g/mol. The summed E-state index contributed by atoms with van der Waals surface area (Å²) >= 11 is 0. The molecular formula is C39H55N5O6. The van der Waals surface area contributed by atoms with E-state index < -0.39 is 5.60 Å². The smallest absolute Gasteiger partial charge is 0.410 e. The topological polar surface area (TPSA) is 95.1 Å². The standard InChI is InChI=1S/C20H27N3O3.C19H28N2O3/c1-2-26-18-5-3-17(4-6-18)22-13-15-11-21(12-16(15)14-22)9-10-23-19(24)7-8-20(23)25;1-5-23-17-8-6-16(7-9-17)20-10-14-12-21(13-15(14)11-20)18(22)24-19(2,3)4/h3-6,15-16H,2,7-14H2,1H3;6-9,14-15H,5,10-13H2,1-4H3/t15-,16+;14-,15+. The van der Waals surface area contributed by atoms with Gasteiger partial charge in [-0.15, -0.1) is 0 Å². The normalized spacial score (nSPS) is 24.7. The summed E-state index contributed by atoms with van der Waals surface area (Å²) in [4.78, 5) is 46.3. The van der Waals surface area contributed by atoms with Crippen LogP contribution in [0.3, 0.4) is 0 Å². The second kappa shape index (κ2) is 15.5. The molecule has 11 heteroatoms. The largest absolute Gasteiger partial charge is 0.494 e. The Hall–Kier alpha value is -3.99. The highest BCUT2D eigenvalue weighted by molar-refractivity contribution is 6.01. The van der Waals surface area contributed by atoms with Crippen LogP contribution in [-0.2, 0) is 14.3 Å². The van der Waals surface area contributed by atoms with Gasteiger partial charge in [0, 0.05) is 101 Å². The van der Waals surface area contributed by atoms with Gasteiger partial charge in [0.1, 0.15) is 17.1 Å². The molecule has 0 bridgehead atoms. The van der Waals surface area contributed by atoms with Crippen LogP contribution in [0.15, 0.2) is 48.5 Å². The molecule has 0 aliphatic carbocycles. The Labute approximate surface area is 297 Å². The van der Waals surface area contributed by atoms with Gasteiger partial charge < -0.3 is 33.8 Å². The number of hydrogen-bond donors (Lipinski definition) is 0. The van der Waals surface area contributed by atoms with Gasteiger partial charge >= 0.3 is 6.09 Å². The summed E-state index contributed by atoms with van der Waals surface area (Å²) < 4.78 is 16.5. The van der Waals surface area contributed by atoms with Crippen molar-refractivity contribution in [2.75, 3.05) is 88.5 Å². The zero-order valence-electron chi connectivity index (χ0n) is 30.5. The van der Waals surface area contributed by atoms with Crippen LogP contribution >= 0.6 is 0 Å². The Morgan fingerprint density at radius 1 is 0.640 bits per heavy atom. The van der Waals surface area contributed by atoms with Crippen molar-refractivity contribution in [2.45, 2.75) is 53.1 Å². The van der Waals surface area contributed by atoms with E-state index in [0.29, 0.717) is 56.3 Å². The van der Waals surface area contributed by atoms with Crippen LogP contribution in [0.4, 0.5) is 16.2 Å². The number of anilines is 2. The van der Waals surface area contributed by atoms with E-state index in [9.17, 15) is 14.4 Å². The molecule has 3 amide bonds. The van der Waals surface area contributed by atoms with Crippen LogP contribution in [0.25, 0.3) is 0 Å². The lowest BCUT2D eigenvalue weighted by atomic mass is 10.0. The number of carbonyl (C=O) groups is 3. The number of rotatable bonds is 9. The van der Waals surface area contributed by atoms with Crippen molar-refractivity contribution < 1.29 is 28.6 Å². The molecule has 5 fully saturated rings. The molecule has 7 rings (SSSR count). The fraction of sp³-hybridized carbons (Fsp3) is 0.615. The lowest BCUT2D eigenvalue weighted by Gasteiger charge is -2.26. The maximum absolute atomic E-state index is 12.2. The van der Waals surface area contributed by atoms with Gasteiger partial charge in [0.25, 0.3) is 0 Å². The highest BCUT2D eigenvalue weighted by Gasteiger charge is 2.43. The molecule has 0 unspecified atom stereocenters. The number of amides is 3. The Morgan fingerprint density at radius 3 is 1.46 bits per heavy atom. The second-order valence-corrected chi connectivity index (χ2v) is 15.3. The third-order valence-corrected chi connectivity index (χ3v) is 10.5. The molecule has 2 aromatic rings. The van der Waals surface area contributed by atoms with Crippen molar-refractivity contribution in [3.63, 3.8) is 0 Å². The van der Waals surface area contributed by atoms with Gasteiger partial charge in [-0.3, -0.25) is 14.5 Å². The molecule has 0 N–H and O–H groups in total. The average Bonchev–Trinajstić information content (AvgIpc) is 3.88. The number of nitrogens with zero attached hydrogens (tertiary/aromatic N) is 5. The monoisotopic (exact) mass is 689 g/mol. The van der Waals surface area contributed by atoms with Crippen LogP contribution in [-0.4, -0.2) is 117 Å². The zero-order chi connectivity index (χ0) is 35.4. The first-order valence-electron chi connectivity index (χ1n) is 18.5. The Bertz CT molecular complexity index is 1430. The van der Waals surface area contributed by atoms with Crippen LogP contribution in [0.5, 0.6) is 11.5 Å². The summed E-state index contributed by atoms with van der Waals surface area (Å²) in [6, 6.07) is 16.7. The van der Waals surface area contributed by atoms with E-state index in [1.807, 2.05) is 63.8 Å². The highest BCUT2D eigenvalue weighted by atomic mass is 16.6. The number of hydrogen-bond acceptors (Lipinski definition) is 9. The van der Waals surface area contributed by atoms with Gasteiger partial charge in [-0.25, -0.2) is 4.79 Å². The first-order chi connectivity index (χ1) is 24.0. The van der Waals surface area contributed by atoms with E-state index in [2.05, 4.69) is 39.0 Å². The Morgan fingerprint density at radius 2 is 1.06 bits per heavy atom. The molecule has 0 spiro atoms. The van der Waals surface area contributed by atoms with Gasteiger partial charge in [-0.05, 0) is 95.0 Å². The molecule has 272 valence electrons. The van der Waals surface area contributed by atoms with Crippen molar-refractivity contribution >= 4 is 29.3 Å². The lowest BCUT2D eigenvalue weighted by molar-refractivity contribution is -0.138. The summed E-state index contributed by atoms with van der Waals surface area (Å²) in [6.45, 7) is 20.4. The van der Waals surface area contributed by atoms with Crippen LogP contribution < -0.4 is 19.3 Å². The number of likely N-dealkylation sites (tertiary alicyclic amines) is 3. The van der Waals surface area contributed by atoms with Crippen molar-refractivity contribution in [1.82, 2.24) is 14.7 Å². The number of benzene rings is 2. The summed E-state index contributed by atoms with van der Waals surface area (Å²) in [5.41, 5.74) is 2.07. The van der Waals surface area contributed by atoms with Crippen molar-refractivity contribution in [3.05, 3.63) is 48.5 Å². The molecule has 2 aromatic carbocycles. The van der Waals surface area contributed by atoms with E-state index in [-0.39, 0.29) is 17.9 Å². The van der Waals surface area contributed by atoms with Gasteiger partial charge in [-0.1, -0.05) is 0 Å². The van der Waals surface area contributed by atoms with Gasteiger partial charge in [0.15, 0.2) is 0 Å². The first-order valence-corrected chi connectivity index (χ1v) is 18.5. The van der Waals surface area contributed by atoms with Crippen LogP contribution in [0.2, 0.25) is 0 Å². The SMILES string of the molecule is CCOc1ccc(N2C[C@H]3CN(C(=O)OC(C)(C)C)C[C@H]3C2)cc1.CCOc1ccc(N2C[C@H]3CN(CCN4C(=O)CCC4=O)C[C@H]3C2)cc1. The van der Waals surface area contributed by atoms with Crippen molar-refractivity contribution in [2.24, 2.45) is 23.7 Å². The Kier molecular flexibility index (Phi) is 11.1. The lowest BCUT2D eigenvalue weighted by Crippen LogP contribution is -2.38. The van der Waals surface area contributed by atoms with E-state index in [4.69, 9.17) is 14.2 Å². The summed E-state index contributed by atoms with van der Waals surface area (Å²) in [6.07, 6.45) is 0.604. The fourth-order valence-corrected chi connectivity index (χ4v) is 8.12. The van der Waals surface area contributed by atoms with Gasteiger partial charge in [0.05, 0.1) is 13.2 Å². The van der Waals surface area contributed by atoms with Gasteiger partial charge in [0.2, 0.25) is 11.8 Å². The van der Waals surface area contributed by atoms with E-state index in [0.717, 1.165) is 70.4 Å². The molecule has 50 heavy (non-hydrogen) atoms. The molecule has 11 nitrogen and oxygen atoms in total. The van der Waals surface area contributed by atoms with Crippen molar-refractivity contribution in [3.8, 4) is 11.5 Å². The summed E-state index contributed by atoms with van der Waals surface area (Å²) in [7, 11) is 0. The number of fused-ring (bicyclic) bond motifs is 2. The molecular weight excluding hydrogens is 634 g/mol. The Balaban J connectivity index is 0.000000174. The molecule has 0 saturated carbocycles. The second-order valence-electron chi connectivity index (χ2n) is 15.3. The number of carbonyl (C=O) groups excluding carboxylic acids is 3. The summed E-state index contributed by atoms with van der Waals surface area (Å²) in [5, 5.41) is 0. The molecule has 5 aliphatic rings. The highest BCUT2D eigenvalue weighted by Crippen LogP contribution is 2.36. The predicted octanol–water partition coefficient (Wildman–Crippen LogP) is 4.99. The zero-order valence-corrected chi connectivity index (χ0v) is 30.5. The molecule has 4 atom stereocenters. The molecule has 0 aromatic heterocycles. The number of imide groups is 1. The van der Waals surface area contributed by atoms with E-state index in [1.54, 1.807) is 0 Å². The molecule has 5 aliphatic heterocycles.